The number of hydrogen-bond acceptors (Lipinski definition) is 5. The summed E-state index contributed by atoms with van der Waals surface area (Å²) in [6.45, 7) is 1.22. The Balaban J connectivity index is 1.67. The molecule has 0 atom stereocenters. The van der Waals surface area contributed by atoms with E-state index in [1.165, 1.54) is 0 Å². The van der Waals surface area contributed by atoms with Crippen molar-refractivity contribution in [1.29, 1.82) is 0 Å². The summed E-state index contributed by atoms with van der Waals surface area (Å²) in [5, 5.41) is 0. The standard InChI is InChI=1S/C15H13N5OS/c16-11-3-4-17-8-13(11)20-6-5-19(15(20)21)10-1-2-12-14(7-10)22-9-18-12/h1-4,7-9H,5-6H2,(H2,16,17). The second-order valence-corrected chi connectivity index (χ2v) is 5.91. The number of thiazole rings is 1. The van der Waals surface area contributed by atoms with Crippen LogP contribution in [0, 0.1) is 0 Å². The molecule has 2 aromatic heterocycles. The van der Waals surface area contributed by atoms with E-state index in [-0.39, 0.29) is 6.03 Å². The Morgan fingerprint density at radius 3 is 2.91 bits per heavy atom. The maximum absolute atomic E-state index is 12.7. The largest absolute Gasteiger partial charge is 0.397 e. The van der Waals surface area contributed by atoms with Gasteiger partial charge in [0.2, 0.25) is 0 Å². The third-order valence-corrected chi connectivity index (χ3v) is 4.55. The van der Waals surface area contributed by atoms with Crippen molar-refractivity contribution in [3.63, 3.8) is 0 Å². The second-order valence-electron chi connectivity index (χ2n) is 5.02. The highest BCUT2D eigenvalue weighted by atomic mass is 32.1. The molecule has 0 bridgehead atoms. The van der Waals surface area contributed by atoms with E-state index in [1.54, 1.807) is 39.6 Å². The molecule has 2 N–H and O–H groups in total. The van der Waals surface area contributed by atoms with Gasteiger partial charge in [0.1, 0.15) is 0 Å². The van der Waals surface area contributed by atoms with Crippen molar-refractivity contribution in [2.45, 2.75) is 0 Å². The number of rotatable bonds is 2. The molecule has 3 aromatic rings. The number of fused-ring (bicyclic) bond motifs is 1. The average molecular weight is 311 g/mol. The quantitative estimate of drug-likeness (QED) is 0.789. The lowest BCUT2D eigenvalue weighted by Crippen LogP contribution is -2.32. The minimum absolute atomic E-state index is 0.0800. The minimum Gasteiger partial charge on any atom is -0.397 e. The lowest BCUT2D eigenvalue weighted by Gasteiger charge is -2.19. The predicted molar refractivity (Wildman–Crippen MR) is 88.4 cm³/mol. The predicted octanol–water partition coefficient (Wildman–Crippen LogP) is 2.72. The van der Waals surface area contributed by atoms with Crippen LogP contribution in [-0.2, 0) is 0 Å². The highest BCUT2D eigenvalue weighted by Gasteiger charge is 2.31. The molecular formula is C15H13N5OS. The number of aromatic nitrogens is 2. The van der Waals surface area contributed by atoms with Crippen LogP contribution in [0.25, 0.3) is 10.2 Å². The zero-order chi connectivity index (χ0) is 15.1. The Labute approximate surface area is 130 Å². The molecule has 0 spiro atoms. The van der Waals surface area contributed by atoms with E-state index in [9.17, 15) is 4.79 Å². The highest BCUT2D eigenvalue weighted by molar-refractivity contribution is 7.16. The van der Waals surface area contributed by atoms with Gasteiger partial charge < -0.3 is 5.73 Å². The first-order valence-electron chi connectivity index (χ1n) is 6.86. The summed E-state index contributed by atoms with van der Waals surface area (Å²) >= 11 is 1.57. The molecule has 22 heavy (non-hydrogen) atoms. The third-order valence-electron chi connectivity index (χ3n) is 3.76. The fourth-order valence-corrected chi connectivity index (χ4v) is 3.34. The molecule has 4 rings (SSSR count). The number of nitrogens with zero attached hydrogens (tertiary/aromatic N) is 4. The van der Waals surface area contributed by atoms with E-state index >= 15 is 0 Å². The molecule has 1 aromatic carbocycles. The normalized spacial score (nSPS) is 15.0. The number of nitrogen functional groups attached to an aromatic ring is 1. The third kappa shape index (κ3) is 1.98. The van der Waals surface area contributed by atoms with Crippen LogP contribution in [0.15, 0.2) is 42.2 Å². The van der Waals surface area contributed by atoms with E-state index in [0.717, 1.165) is 15.9 Å². The van der Waals surface area contributed by atoms with Crippen molar-refractivity contribution in [1.82, 2.24) is 9.97 Å². The first-order chi connectivity index (χ1) is 10.7. The van der Waals surface area contributed by atoms with Gasteiger partial charge in [-0.05, 0) is 24.3 Å². The highest BCUT2D eigenvalue weighted by Crippen LogP contribution is 2.30. The Bertz CT molecular complexity index is 862. The molecule has 6 nitrogen and oxygen atoms in total. The van der Waals surface area contributed by atoms with E-state index < -0.39 is 0 Å². The van der Waals surface area contributed by atoms with Crippen LogP contribution in [0.4, 0.5) is 21.9 Å². The molecule has 2 amide bonds. The number of nitrogens with two attached hydrogens (primary N) is 1. The van der Waals surface area contributed by atoms with Crippen LogP contribution < -0.4 is 15.5 Å². The Hall–Kier alpha value is -2.67. The molecule has 0 unspecified atom stereocenters. The smallest absolute Gasteiger partial charge is 0.329 e. The first-order valence-corrected chi connectivity index (χ1v) is 7.74. The summed E-state index contributed by atoms with van der Waals surface area (Å²) in [5.41, 5.74) is 10.8. The number of hydrogen-bond donors (Lipinski definition) is 1. The van der Waals surface area contributed by atoms with Gasteiger partial charge in [-0.25, -0.2) is 9.78 Å². The zero-order valence-corrected chi connectivity index (χ0v) is 12.5. The first kappa shape index (κ1) is 13.0. The maximum atomic E-state index is 12.7. The summed E-state index contributed by atoms with van der Waals surface area (Å²) in [4.78, 5) is 24.4. The van der Waals surface area contributed by atoms with E-state index in [4.69, 9.17) is 5.73 Å². The number of amides is 2. The molecule has 7 heteroatoms. The van der Waals surface area contributed by atoms with Crippen LogP contribution in [0.1, 0.15) is 0 Å². The van der Waals surface area contributed by atoms with Crippen LogP contribution >= 0.6 is 11.3 Å². The molecule has 0 saturated carbocycles. The van der Waals surface area contributed by atoms with Gasteiger partial charge >= 0.3 is 6.03 Å². The molecule has 1 fully saturated rings. The van der Waals surface area contributed by atoms with E-state index in [0.29, 0.717) is 24.5 Å². The van der Waals surface area contributed by atoms with Crippen molar-refractivity contribution in [2.75, 3.05) is 28.6 Å². The summed E-state index contributed by atoms with van der Waals surface area (Å²) in [6.07, 6.45) is 3.25. The van der Waals surface area contributed by atoms with Crippen LogP contribution in [0.5, 0.6) is 0 Å². The Morgan fingerprint density at radius 1 is 1.18 bits per heavy atom. The summed E-state index contributed by atoms with van der Waals surface area (Å²) in [7, 11) is 0. The fraction of sp³-hybridized carbons (Fsp3) is 0.133. The minimum atomic E-state index is -0.0800. The molecule has 0 radical (unpaired) electrons. The SMILES string of the molecule is Nc1ccncc1N1CCN(c2ccc3ncsc3c2)C1=O. The van der Waals surface area contributed by atoms with Gasteiger partial charge in [0.05, 0.1) is 33.3 Å². The van der Waals surface area contributed by atoms with Crippen molar-refractivity contribution < 1.29 is 4.79 Å². The molecular weight excluding hydrogens is 298 g/mol. The number of pyridine rings is 1. The molecule has 110 valence electrons. The van der Waals surface area contributed by atoms with Crippen LogP contribution in [0.2, 0.25) is 0 Å². The zero-order valence-electron chi connectivity index (χ0n) is 11.6. The molecule has 3 heterocycles. The average Bonchev–Trinajstić information content (AvgIpc) is 3.13. The number of benzene rings is 1. The molecule has 0 aliphatic carbocycles. The van der Waals surface area contributed by atoms with Crippen LogP contribution in [-0.4, -0.2) is 29.1 Å². The number of anilines is 3. The Kier molecular flexibility index (Phi) is 2.93. The van der Waals surface area contributed by atoms with Crippen molar-refractivity contribution in [3.05, 3.63) is 42.2 Å². The van der Waals surface area contributed by atoms with Crippen molar-refractivity contribution in [3.8, 4) is 0 Å². The van der Waals surface area contributed by atoms with Gasteiger partial charge in [0.15, 0.2) is 0 Å². The summed E-state index contributed by atoms with van der Waals surface area (Å²) in [5.74, 6) is 0. The van der Waals surface area contributed by atoms with Gasteiger partial charge in [-0.2, -0.15) is 0 Å². The fourth-order valence-electron chi connectivity index (χ4n) is 2.63. The van der Waals surface area contributed by atoms with Crippen molar-refractivity contribution >= 4 is 44.6 Å². The number of carbonyl (C=O) groups excluding carboxylic acids is 1. The van der Waals surface area contributed by atoms with Gasteiger partial charge in [-0.15, -0.1) is 11.3 Å². The van der Waals surface area contributed by atoms with Gasteiger partial charge in [0.25, 0.3) is 0 Å². The monoisotopic (exact) mass is 311 g/mol. The Morgan fingerprint density at radius 2 is 2.05 bits per heavy atom. The molecule has 1 saturated heterocycles. The van der Waals surface area contributed by atoms with Gasteiger partial charge in [-0.3, -0.25) is 14.8 Å². The summed E-state index contributed by atoms with van der Waals surface area (Å²) < 4.78 is 1.07. The van der Waals surface area contributed by atoms with Gasteiger partial charge in [-0.1, -0.05) is 0 Å². The number of carbonyl (C=O) groups is 1. The lowest BCUT2D eigenvalue weighted by molar-refractivity contribution is 0.256. The maximum Gasteiger partial charge on any atom is 0.329 e. The lowest BCUT2D eigenvalue weighted by atomic mass is 10.3. The van der Waals surface area contributed by atoms with E-state index in [1.807, 2.05) is 23.7 Å². The van der Waals surface area contributed by atoms with Crippen LogP contribution in [0.3, 0.4) is 0 Å². The van der Waals surface area contributed by atoms with Crippen molar-refractivity contribution in [2.24, 2.45) is 0 Å². The van der Waals surface area contributed by atoms with E-state index in [2.05, 4.69) is 9.97 Å². The number of urea groups is 1. The summed E-state index contributed by atoms with van der Waals surface area (Å²) in [6, 6.07) is 7.49. The topological polar surface area (TPSA) is 75.3 Å². The molecule has 1 aliphatic rings. The molecule has 1 aliphatic heterocycles. The second kappa shape index (κ2) is 4.96. The van der Waals surface area contributed by atoms with Gasteiger partial charge in [0, 0.05) is 25.0 Å².